The van der Waals surface area contributed by atoms with Crippen LogP contribution in [-0.2, 0) is 0 Å². The number of aromatic nitrogens is 4. The second-order valence-corrected chi connectivity index (χ2v) is 4.69. The minimum atomic E-state index is 0.0799. The molecule has 0 spiro atoms. The maximum Gasteiger partial charge on any atom is 0.227 e. The van der Waals surface area contributed by atoms with Gasteiger partial charge in [-0.1, -0.05) is 30.3 Å². The molecule has 0 amide bonds. The number of hydrogen-bond donors (Lipinski definition) is 0. The highest BCUT2D eigenvalue weighted by molar-refractivity contribution is 6.31. The van der Waals surface area contributed by atoms with Crippen molar-refractivity contribution in [1.29, 1.82) is 0 Å². The predicted molar refractivity (Wildman–Crippen MR) is 78.5 cm³/mol. The van der Waals surface area contributed by atoms with E-state index < -0.39 is 0 Å². The van der Waals surface area contributed by atoms with Crippen LogP contribution >= 0.6 is 23.2 Å². The third kappa shape index (κ3) is 2.76. The maximum absolute atomic E-state index is 5.77. The van der Waals surface area contributed by atoms with E-state index in [9.17, 15) is 0 Å². The molecule has 6 heteroatoms. The smallest absolute Gasteiger partial charge is 0.227 e. The molecule has 0 aliphatic carbocycles. The molecular formula is C14H8Cl2N4. The molecule has 1 aromatic carbocycles. The maximum atomic E-state index is 5.77. The Morgan fingerprint density at radius 1 is 0.700 bits per heavy atom. The summed E-state index contributed by atoms with van der Waals surface area (Å²) in [6.07, 6.45) is 3.55. The van der Waals surface area contributed by atoms with Crippen LogP contribution in [0.5, 0.6) is 0 Å². The second-order valence-electron chi connectivity index (χ2n) is 4.02. The molecule has 20 heavy (non-hydrogen) atoms. The van der Waals surface area contributed by atoms with Crippen molar-refractivity contribution in [3.05, 3.63) is 59.4 Å². The Morgan fingerprint density at radius 2 is 1.35 bits per heavy atom. The average molecular weight is 303 g/mol. The van der Waals surface area contributed by atoms with Gasteiger partial charge in [-0.05, 0) is 40.4 Å². The molecule has 0 saturated heterocycles. The van der Waals surface area contributed by atoms with Crippen molar-refractivity contribution >= 4 is 23.2 Å². The average Bonchev–Trinajstić information content (AvgIpc) is 2.47. The van der Waals surface area contributed by atoms with Gasteiger partial charge in [0.2, 0.25) is 10.6 Å². The molecule has 0 fully saturated rings. The van der Waals surface area contributed by atoms with Crippen molar-refractivity contribution in [3.8, 4) is 22.5 Å². The highest BCUT2D eigenvalue weighted by atomic mass is 35.5. The molecule has 2 heterocycles. The van der Waals surface area contributed by atoms with Gasteiger partial charge < -0.3 is 0 Å². The molecule has 98 valence electrons. The Bertz CT molecular complexity index is 710. The topological polar surface area (TPSA) is 51.6 Å². The van der Waals surface area contributed by atoms with Gasteiger partial charge in [-0.3, -0.25) is 4.98 Å². The lowest BCUT2D eigenvalue weighted by molar-refractivity contribution is 1.06. The van der Waals surface area contributed by atoms with Crippen LogP contribution in [0.3, 0.4) is 0 Å². The van der Waals surface area contributed by atoms with Crippen molar-refractivity contribution in [2.45, 2.75) is 0 Å². The predicted octanol–water partition coefficient (Wildman–Crippen LogP) is 3.91. The van der Waals surface area contributed by atoms with Gasteiger partial charge in [0.05, 0.1) is 0 Å². The molecule has 0 N–H and O–H groups in total. The summed E-state index contributed by atoms with van der Waals surface area (Å²) in [5, 5.41) is 0.160. The van der Waals surface area contributed by atoms with E-state index in [1.165, 1.54) is 0 Å². The number of hydrogen-bond acceptors (Lipinski definition) is 4. The molecule has 0 radical (unpaired) electrons. The zero-order valence-corrected chi connectivity index (χ0v) is 11.7. The van der Waals surface area contributed by atoms with E-state index in [-0.39, 0.29) is 10.6 Å². The first-order chi connectivity index (χ1) is 9.72. The highest BCUT2D eigenvalue weighted by Gasteiger charge is 2.06. The van der Waals surface area contributed by atoms with E-state index in [1.54, 1.807) is 6.20 Å². The Hall–Kier alpha value is -2.04. The summed E-state index contributed by atoms with van der Waals surface area (Å²) >= 11 is 11.5. The summed E-state index contributed by atoms with van der Waals surface area (Å²) in [5.74, 6) is 0.452. The van der Waals surface area contributed by atoms with Gasteiger partial charge in [0, 0.05) is 18.0 Å². The minimum Gasteiger partial charge on any atom is -0.264 e. The molecule has 0 aliphatic heterocycles. The third-order valence-electron chi connectivity index (χ3n) is 2.72. The quantitative estimate of drug-likeness (QED) is 0.720. The number of pyridine rings is 1. The number of rotatable bonds is 2. The number of benzene rings is 1. The number of nitrogens with zero attached hydrogens (tertiary/aromatic N) is 4. The van der Waals surface area contributed by atoms with Crippen LogP contribution in [0.1, 0.15) is 0 Å². The Kier molecular flexibility index (Phi) is 3.58. The first kappa shape index (κ1) is 13.0. The number of halogens is 2. The molecule has 0 atom stereocenters. The van der Waals surface area contributed by atoms with E-state index in [4.69, 9.17) is 23.2 Å². The minimum absolute atomic E-state index is 0.0799. The molecule has 0 saturated carbocycles. The summed E-state index contributed by atoms with van der Waals surface area (Å²) in [7, 11) is 0. The zero-order chi connectivity index (χ0) is 13.9. The van der Waals surface area contributed by atoms with Crippen LogP contribution in [0.15, 0.2) is 48.8 Å². The highest BCUT2D eigenvalue weighted by Crippen LogP contribution is 2.23. The van der Waals surface area contributed by atoms with Crippen molar-refractivity contribution in [1.82, 2.24) is 19.9 Å². The molecule has 3 aromatic rings. The molecule has 2 aromatic heterocycles. The summed E-state index contributed by atoms with van der Waals surface area (Å²) in [6, 6.07) is 11.7. The van der Waals surface area contributed by atoms with Gasteiger partial charge in [0.15, 0.2) is 5.82 Å². The van der Waals surface area contributed by atoms with Crippen molar-refractivity contribution < 1.29 is 0 Å². The van der Waals surface area contributed by atoms with Gasteiger partial charge in [0.25, 0.3) is 0 Å². The van der Waals surface area contributed by atoms with E-state index in [0.29, 0.717) is 5.82 Å². The standard InChI is InChI=1S/C14H8Cl2N4/c15-13-18-12(19-14(16)20-13)10-5-3-9(4-6-10)11-2-1-7-17-8-11/h1-8H. The molecular weight excluding hydrogens is 295 g/mol. The van der Waals surface area contributed by atoms with E-state index in [2.05, 4.69) is 19.9 Å². The largest absolute Gasteiger partial charge is 0.264 e. The fourth-order valence-electron chi connectivity index (χ4n) is 1.80. The van der Waals surface area contributed by atoms with Gasteiger partial charge in [-0.15, -0.1) is 0 Å². The van der Waals surface area contributed by atoms with Crippen molar-refractivity contribution in [2.24, 2.45) is 0 Å². The van der Waals surface area contributed by atoms with Crippen molar-refractivity contribution in [2.75, 3.05) is 0 Å². The first-order valence-electron chi connectivity index (χ1n) is 5.80. The lowest BCUT2D eigenvalue weighted by Crippen LogP contribution is -1.93. The van der Waals surface area contributed by atoms with E-state index >= 15 is 0 Å². The Morgan fingerprint density at radius 3 is 1.95 bits per heavy atom. The second kappa shape index (κ2) is 5.53. The van der Waals surface area contributed by atoms with E-state index in [0.717, 1.165) is 16.7 Å². The van der Waals surface area contributed by atoms with Crippen LogP contribution in [0.2, 0.25) is 10.6 Å². The zero-order valence-electron chi connectivity index (χ0n) is 10.2. The normalized spacial score (nSPS) is 10.5. The summed E-state index contributed by atoms with van der Waals surface area (Å²) < 4.78 is 0. The molecule has 0 unspecified atom stereocenters. The van der Waals surface area contributed by atoms with Crippen LogP contribution in [0.4, 0.5) is 0 Å². The Balaban J connectivity index is 1.97. The van der Waals surface area contributed by atoms with Gasteiger partial charge >= 0.3 is 0 Å². The summed E-state index contributed by atoms with van der Waals surface area (Å²) in [5.41, 5.74) is 2.93. The lowest BCUT2D eigenvalue weighted by Gasteiger charge is -2.04. The van der Waals surface area contributed by atoms with Gasteiger partial charge in [0.1, 0.15) is 0 Å². The van der Waals surface area contributed by atoms with Crippen LogP contribution in [0.25, 0.3) is 22.5 Å². The fraction of sp³-hybridized carbons (Fsp3) is 0. The van der Waals surface area contributed by atoms with Gasteiger partial charge in [-0.25, -0.2) is 0 Å². The van der Waals surface area contributed by atoms with Gasteiger partial charge in [-0.2, -0.15) is 15.0 Å². The molecule has 3 rings (SSSR count). The van der Waals surface area contributed by atoms with E-state index in [1.807, 2.05) is 42.6 Å². The first-order valence-corrected chi connectivity index (χ1v) is 6.56. The third-order valence-corrected chi connectivity index (χ3v) is 3.06. The van der Waals surface area contributed by atoms with Crippen LogP contribution in [0, 0.1) is 0 Å². The lowest BCUT2D eigenvalue weighted by atomic mass is 10.1. The molecule has 0 aliphatic rings. The van der Waals surface area contributed by atoms with Crippen molar-refractivity contribution in [3.63, 3.8) is 0 Å². The van der Waals surface area contributed by atoms with Crippen LogP contribution < -0.4 is 0 Å². The SMILES string of the molecule is Clc1nc(Cl)nc(-c2ccc(-c3cccnc3)cc2)n1. The molecule has 4 nitrogen and oxygen atoms in total. The Labute approximate surface area is 125 Å². The summed E-state index contributed by atoms with van der Waals surface area (Å²) in [6.45, 7) is 0. The monoisotopic (exact) mass is 302 g/mol. The molecule has 0 bridgehead atoms. The van der Waals surface area contributed by atoms with Crippen LogP contribution in [-0.4, -0.2) is 19.9 Å². The fourth-order valence-corrected chi connectivity index (χ4v) is 2.16. The summed E-state index contributed by atoms with van der Waals surface area (Å²) in [4.78, 5) is 15.9.